The van der Waals surface area contributed by atoms with Crippen LogP contribution in [0.25, 0.3) is 0 Å². The molecule has 7 nitrogen and oxygen atoms in total. The van der Waals surface area contributed by atoms with Crippen molar-refractivity contribution < 1.29 is 19.5 Å². The fourth-order valence-corrected chi connectivity index (χ4v) is 8.52. The third-order valence-corrected chi connectivity index (χ3v) is 11.5. The van der Waals surface area contributed by atoms with E-state index in [9.17, 15) is 24.8 Å². The first-order valence-corrected chi connectivity index (χ1v) is 16.8. The van der Waals surface area contributed by atoms with E-state index in [2.05, 4.69) is 23.6 Å². The van der Waals surface area contributed by atoms with Gasteiger partial charge in [0.2, 0.25) is 5.91 Å². The Bertz CT molecular complexity index is 1870. The Hall–Kier alpha value is -3.23. The standard InChI is InChI=1S/C32H23Cl4N3O4S2/c1-15-10-11-19-20(14-37)31(45-21(19)12-15)39-30(41)28(16-6-3-2-4-7-16)44-18-9-5-8-17(13-18)38-29(40)22-23(32(42)43)25(34)27(36)26(35)24(22)33/h2-9,13,15,28H,10-12H2,1H3,(H,38,40)(H,39,41)(H,42,43). The van der Waals surface area contributed by atoms with E-state index in [0.717, 1.165) is 35.3 Å². The molecule has 0 fully saturated rings. The highest BCUT2D eigenvalue weighted by atomic mass is 35.5. The van der Waals surface area contributed by atoms with Crippen LogP contribution in [0, 0.1) is 17.2 Å². The monoisotopic (exact) mass is 717 g/mol. The van der Waals surface area contributed by atoms with Crippen LogP contribution in [0.15, 0.2) is 59.5 Å². The molecule has 13 heteroatoms. The van der Waals surface area contributed by atoms with Crippen LogP contribution in [0.5, 0.6) is 0 Å². The highest BCUT2D eigenvalue weighted by Gasteiger charge is 2.30. The van der Waals surface area contributed by atoms with E-state index < -0.39 is 33.3 Å². The summed E-state index contributed by atoms with van der Waals surface area (Å²) < 4.78 is 0. The number of thioether (sulfide) groups is 1. The van der Waals surface area contributed by atoms with Gasteiger partial charge in [0.1, 0.15) is 16.3 Å². The predicted molar refractivity (Wildman–Crippen MR) is 182 cm³/mol. The summed E-state index contributed by atoms with van der Waals surface area (Å²) in [7, 11) is 0. The van der Waals surface area contributed by atoms with Gasteiger partial charge in [0, 0.05) is 15.5 Å². The van der Waals surface area contributed by atoms with Crippen LogP contribution in [-0.2, 0) is 17.6 Å². The molecule has 2 atom stereocenters. The Labute approximate surface area is 287 Å². The lowest BCUT2D eigenvalue weighted by molar-refractivity contribution is -0.115. The summed E-state index contributed by atoms with van der Waals surface area (Å²) in [5.74, 6) is -2.15. The summed E-state index contributed by atoms with van der Waals surface area (Å²) in [5.41, 5.74) is 1.58. The number of halogens is 4. The number of benzene rings is 3. The molecular formula is C32H23Cl4N3O4S2. The van der Waals surface area contributed by atoms with E-state index in [4.69, 9.17) is 46.4 Å². The first kappa shape index (κ1) is 33.1. The molecule has 2 amide bonds. The fourth-order valence-electron chi connectivity index (χ4n) is 5.06. The summed E-state index contributed by atoms with van der Waals surface area (Å²) in [6, 6.07) is 18.2. The number of nitrogens with one attached hydrogen (secondary N) is 2. The number of fused-ring (bicyclic) bond motifs is 1. The first-order valence-electron chi connectivity index (χ1n) is 13.6. The number of hydrogen-bond donors (Lipinski definition) is 3. The van der Waals surface area contributed by atoms with Crippen LogP contribution in [0.1, 0.15) is 60.9 Å². The second-order valence-electron chi connectivity index (χ2n) is 10.4. The lowest BCUT2D eigenvalue weighted by atomic mass is 9.88. The number of nitrogens with zero attached hydrogens (tertiary/aromatic N) is 1. The maximum Gasteiger partial charge on any atom is 0.338 e. The first-order chi connectivity index (χ1) is 21.5. The van der Waals surface area contributed by atoms with Crippen LogP contribution in [0.4, 0.5) is 10.7 Å². The zero-order chi connectivity index (χ0) is 32.4. The van der Waals surface area contributed by atoms with Crippen molar-refractivity contribution >= 4 is 98.0 Å². The Morgan fingerprint density at radius 2 is 1.67 bits per heavy atom. The smallest absolute Gasteiger partial charge is 0.338 e. The van der Waals surface area contributed by atoms with Crippen LogP contribution in [-0.4, -0.2) is 22.9 Å². The molecule has 3 aromatic carbocycles. The van der Waals surface area contributed by atoms with Gasteiger partial charge >= 0.3 is 5.97 Å². The number of thiophene rings is 1. The average molecular weight is 719 g/mol. The minimum atomic E-state index is -1.51. The van der Waals surface area contributed by atoms with Crippen molar-refractivity contribution in [3.63, 3.8) is 0 Å². The highest BCUT2D eigenvalue weighted by molar-refractivity contribution is 8.00. The van der Waals surface area contributed by atoms with Crippen molar-refractivity contribution in [3.8, 4) is 6.07 Å². The Morgan fingerprint density at radius 3 is 2.33 bits per heavy atom. The molecule has 0 saturated heterocycles. The number of carboxylic acid groups (broad SMARTS) is 1. The molecule has 4 aromatic rings. The third-order valence-electron chi connectivity index (χ3n) is 7.25. The molecule has 45 heavy (non-hydrogen) atoms. The van der Waals surface area contributed by atoms with Crippen molar-refractivity contribution in [1.82, 2.24) is 0 Å². The van der Waals surface area contributed by atoms with Gasteiger partial charge in [0.05, 0.1) is 36.8 Å². The zero-order valence-electron chi connectivity index (χ0n) is 23.4. The average Bonchev–Trinajstić information content (AvgIpc) is 3.36. The molecule has 0 radical (unpaired) electrons. The second-order valence-corrected chi connectivity index (χ2v) is 14.2. The van der Waals surface area contributed by atoms with Gasteiger partial charge < -0.3 is 15.7 Å². The van der Waals surface area contributed by atoms with Gasteiger partial charge in [-0.3, -0.25) is 9.59 Å². The molecule has 0 aliphatic heterocycles. The third kappa shape index (κ3) is 6.97. The lowest BCUT2D eigenvalue weighted by Crippen LogP contribution is -2.19. The molecule has 1 heterocycles. The van der Waals surface area contributed by atoms with E-state index >= 15 is 0 Å². The number of carboxylic acids is 1. The molecule has 0 saturated carbocycles. The molecule has 1 aliphatic rings. The predicted octanol–water partition coefficient (Wildman–Crippen LogP) is 9.78. The number of carbonyl (C=O) groups is 3. The molecule has 1 aromatic heterocycles. The van der Waals surface area contributed by atoms with Crippen molar-refractivity contribution in [2.45, 2.75) is 36.3 Å². The van der Waals surface area contributed by atoms with E-state index in [-0.39, 0.29) is 21.0 Å². The van der Waals surface area contributed by atoms with Crippen molar-refractivity contribution in [2.24, 2.45) is 5.92 Å². The molecule has 5 rings (SSSR count). The number of nitriles is 1. The molecule has 230 valence electrons. The number of aromatic carboxylic acids is 1. The quantitative estimate of drug-likeness (QED) is 0.0948. The minimum absolute atomic E-state index is 0.250. The van der Waals surface area contributed by atoms with Crippen LogP contribution in [0.2, 0.25) is 20.1 Å². The Morgan fingerprint density at radius 1 is 0.978 bits per heavy atom. The number of rotatable bonds is 8. The maximum absolute atomic E-state index is 13.8. The van der Waals surface area contributed by atoms with Crippen LogP contribution in [0.3, 0.4) is 0 Å². The summed E-state index contributed by atoms with van der Waals surface area (Å²) in [4.78, 5) is 40.8. The second kappa shape index (κ2) is 14.0. The van der Waals surface area contributed by atoms with Gasteiger partial charge in [-0.1, -0.05) is 89.7 Å². The molecule has 2 unspecified atom stereocenters. The number of amides is 2. The van der Waals surface area contributed by atoms with Crippen LogP contribution >= 0.6 is 69.5 Å². The highest BCUT2D eigenvalue weighted by Crippen LogP contribution is 2.43. The summed E-state index contributed by atoms with van der Waals surface area (Å²) in [5, 5.41) is 23.9. The molecular weight excluding hydrogens is 696 g/mol. The SMILES string of the molecule is CC1CCc2c(sc(NC(=O)C(Sc3cccc(NC(=O)c4c(Cl)c(Cl)c(Cl)c(Cl)c4C(=O)O)c3)c3ccccc3)c2C#N)C1. The van der Waals surface area contributed by atoms with Crippen molar-refractivity contribution in [3.05, 3.63) is 107 Å². The van der Waals surface area contributed by atoms with E-state index in [1.165, 1.54) is 23.1 Å². The molecule has 3 N–H and O–H groups in total. The number of hydrogen-bond acceptors (Lipinski definition) is 6. The normalized spacial score (nSPS) is 14.6. The number of carbonyl (C=O) groups excluding carboxylic acids is 2. The fraction of sp³-hybridized carbons (Fsp3) is 0.188. The van der Waals surface area contributed by atoms with E-state index in [1.807, 2.05) is 30.3 Å². The van der Waals surface area contributed by atoms with Gasteiger partial charge in [-0.15, -0.1) is 23.1 Å². The van der Waals surface area contributed by atoms with Crippen LogP contribution < -0.4 is 10.6 Å². The zero-order valence-corrected chi connectivity index (χ0v) is 28.1. The van der Waals surface area contributed by atoms with Crippen molar-refractivity contribution in [1.29, 1.82) is 5.26 Å². The van der Waals surface area contributed by atoms with E-state index in [1.54, 1.807) is 24.3 Å². The maximum atomic E-state index is 13.8. The summed E-state index contributed by atoms with van der Waals surface area (Å²) >= 11 is 27.2. The van der Waals surface area contributed by atoms with Gasteiger partial charge in [-0.25, -0.2) is 4.79 Å². The molecule has 0 bridgehead atoms. The summed E-state index contributed by atoms with van der Waals surface area (Å²) in [6.45, 7) is 2.19. The lowest BCUT2D eigenvalue weighted by Gasteiger charge is -2.18. The minimum Gasteiger partial charge on any atom is -0.478 e. The summed E-state index contributed by atoms with van der Waals surface area (Å²) in [6.07, 6.45) is 2.70. The van der Waals surface area contributed by atoms with Crippen molar-refractivity contribution in [2.75, 3.05) is 10.6 Å². The van der Waals surface area contributed by atoms with Gasteiger partial charge in [0.15, 0.2) is 0 Å². The Kier molecular flexibility index (Phi) is 10.3. The number of anilines is 2. The van der Waals surface area contributed by atoms with E-state index in [0.29, 0.717) is 27.1 Å². The van der Waals surface area contributed by atoms with Gasteiger partial charge in [-0.05, 0) is 54.5 Å². The Balaban J connectivity index is 1.42. The molecule has 1 aliphatic carbocycles. The largest absolute Gasteiger partial charge is 0.478 e. The van der Waals surface area contributed by atoms with Gasteiger partial charge in [0.25, 0.3) is 5.91 Å². The topological polar surface area (TPSA) is 119 Å². The van der Waals surface area contributed by atoms with Gasteiger partial charge in [-0.2, -0.15) is 5.26 Å². The molecule has 0 spiro atoms.